The second kappa shape index (κ2) is 7.17. The summed E-state index contributed by atoms with van der Waals surface area (Å²) in [5.41, 5.74) is 0.552. The van der Waals surface area contributed by atoms with E-state index in [4.69, 9.17) is 4.52 Å². The maximum absolute atomic E-state index is 13.2. The molecule has 2 heterocycles. The van der Waals surface area contributed by atoms with Crippen LogP contribution in [0.5, 0.6) is 0 Å². The minimum absolute atomic E-state index is 0.252. The first-order valence-electron chi connectivity index (χ1n) is 9.14. The predicted molar refractivity (Wildman–Crippen MR) is 103 cm³/mol. The van der Waals surface area contributed by atoms with Crippen molar-refractivity contribution in [3.63, 3.8) is 0 Å². The Morgan fingerprint density at radius 3 is 2.82 bits per heavy atom. The predicted octanol–water partition coefficient (Wildman–Crippen LogP) is 4.11. The van der Waals surface area contributed by atoms with Gasteiger partial charge in [0.15, 0.2) is 5.82 Å². The minimum Gasteiger partial charge on any atom is -0.339 e. The number of alkyl halides is 1. The number of carbonyl (C=O) groups excluding carboxylic acids is 1. The molecular weight excluding hydrogens is 429 g/mol. The summed E-state index contributed by atoms with van der Waals surface area (Å²) in [6.07, 6.45) is 0.919. The zero-order valence-electron chi connectivity index (χ0n) is 15.3. The number of hydrogen-bond donors (Lipinski definition) is 1. The standard InChI is InChI=1S/C19H19BrFN5O2/c1-19(17-24-16(28-25-17)12-9-14(12)21)5-7-26(8-6-19)18(27)23-15-11(10-22)3-2-4-13(15)20/h2-4,12,14H,5-9H2,1H3,(H,23,27)/t12-,14+/m1/s1. The maximum Gasteiger partial charge on any atom is 0.321 e. The zero-order chi connectivity index (χ0) is 19.9. The van der Waals surface area contributed by atoms with Crippen LogP contribution >= 0.6 is 15.9 Å². The zero-order valence-corrected chi connectivity index (χ0v) is 16.9. The molecule has 7 nitrogen and oxygen atoms in total. The number of aromatic nitrogens is 2. The molecule has 146 valence electrons. The lowest BCUT2D eigenvalue weighted by molar-refractivity contribution is 0.169. The molecule has 1 aromatic carbocycles. The van der Waals surface area contributed by atoms with E-state index in [9.17, 15) is 14.4 Å². The van der Waals surface area contributed by atoms with Crippen LogP contribution in [0.25, 0.3) is 0 Å². The van der Waals surface area contributed by atoms with Gasteiger partial charge in [-0.3, -0.25) is 0 Å². The van der Waals surface area contributed by atoms with Gasteiger partial charge in [0.1, 0.15) is 12.2 Å². The van der Waals surface area contributed by atoms with Crippen LogP contribution in [-0.2, 0) is 5.41 Å². The highest BCUT2D eigenvalue weighted by Gasteiger charge is 2.45. The lowest BCUT2D eigenvalue weighted by Crippen LogP contribution is -2.46. The van der Waals surface area contributed by atoms with Gasteiger partial charge in [-0.2, -0.15) is 10.2 Å². The lowest BCUT2D eigenvalue weighted by Gasteiger charge is -2.37. The smallest absolute Gasteiger partial charge is 0.321 e. The van der Waals surface area contributed by atoms with E-state index >= 15 is 0 Å². The number of piperidine rings is 1. The highest BCUT2D eigenvalue weighted by Crippen LogP contribution is 2.43. The largest absolute Gasteiger partial charge is 0.339 e. The number of urea groups is 1. The monoisotopic (exact) mass is 447 g/mol. The number of rotatable bonds is 3. The van der Waals surface area contributed by atoms with Crippen LogP contribution in [0.3, 0.4) is 0 Å². The van der Waals surface area contributed by atoms with E-state index in [-0.39, 0.29) is 17.4 Å². The number of hydrogen-bond acceptors (Lipinski definition) is 5. The normalized spacial score (nSPS) is 23.1. The molecule has 4 rings (SSSR count). The van der Waals surface area contributed by atoms with Gasteiger partial charge in [0, 0.05) is 23.0 Å². The van der Waals surface area contributed by atoms with Crippen molar-refractivity contribution >= 4 is 27.6 Å². The molecule has 0 unspecified atom stereocenters. The van der Waals surface area contributed by atoms with Crippen LogP contribution in [0.4, 0.5) is 14.9 Å². The summed E-state index contributed by atoms with van der Waals surface area (Å²) in [4.78, 5) is 18.8. The van der Waals surface area contributed by atoms with Crippen LogP contribution in [0.15, 0.2) is 27.2 Å². The molecule has 0 bridgehead atoms. The summed E-state index contributed by atoms with van der Waals surface area (Å²) in [6.45, 7) is 3.08. The maximum atomic E-state index is 13.2. The van der Waals surface area contributed by atoms with Gasteiger partial charge in [-0.1, -0.05) is 18.1 Å². The van der Waals surface area contributed by atoms with Gasteiger partial charge >= 0.3 is 6.03 Å². The molecule has 2 aromatic rings. The highest BCUT2D eigenvalue weighted by atomic mass is 79.9. The van der Waals surface area contributed by atoms with Crippen LogP contribution in [-0.4, -0.2) is 40.3 Å². The summed E-state index contributed by atoms with van der Waals surface area (Å²) in [5.74, 6) is 0.704. The third-order valence-electron chi connectivity index (χ3n) is 5.53. The summed E-state index contributed by atoms with van der Waals surface area (Å²) < 4.78 is 19.1. The molecule has 1 saturated carbocycles. The third-order valence-corrected chi connectivity index (χ3v) is 6.19. The summed E-state index contributed by atoms with van der Waals surface area (Å²) in [7, 11) is 0. The molecule has 0 radical (unpaired) electrons. The van der Waals surface area contributed by atoms with E-state index in [1.807, 2.05) is 6.92 Å². The van der Waals surface area contributed by atoms with E-state index in [1.54, 1.807) is 23.1 Å². The number of para-hydroxylation sites is 1. The van der Waals surface area contributed by atoms with Crippen LogP contribution in [0.1, 0.15) is 49.4 Å². The van der Waals surface area contributed by atoms with Crippen molar-refractivity contribution in [2.75, 3.05) is 18.4 Å². The SMILES string of the molecule is CC1(c2noc([C@@H]3C[C@@H]3F)n2)CCN(C(=O)Nc2c(Br)cccc2C#N)CC1. The van der Waals surface area contributed by atoms with Gasteiger partial charge < -0.3 is 14.7 Å². The number of nitriles is 1. The van der Waals surface area contributed by atoms with Crippen molar-refractivity contribution in [1.82, 2.24) is 15.0 Å². The molecule has 1 aromatic heterocycles. The first kappa shape index (κ1) is 18.9. The van der Waals surface area contributed by atoms with E-state index in [2.05, 4.69) is 37.5 Å². The molecule has 28 heavy (non-hydrogen) atoms. The number of halogens is 2. The first-order chi connectivity index (χ1) is 13.4. The molecule has 2 atom stereocenters. The van der Waals surface area contributed by atoms with Crippen molar-refractivity contribution in [3.8, 4) is 6.07 Å². The molecule has 1 saturated heterocycles. The fraction of sp³-hybridized carbons (Fsp3) is 0.474. The molecule has 2 amide bonds. The van der Waals surface area contributed by atoms with Crippen molar-refractivity contribution in [2.24, 2.45) is 0 Å². The number of benzene rings is 1. The van der Waals surface area contributed by atoms with E-state index in [0.717, 1.165) is 0 Å². The van der Waals surface area contributed by atoms with Crippen LogP contribution in [0.2, 0.25) is 0 Å². The van der Waals surface area contributed by atoms with Crippen molar-refractivity contribution in [3.05, 3.63) is 40.0 Å². The summed E-state index contributed by atoms with van der Waals surface area (Å²) in [6, 6.07) is 7.01. The average Bonchev–Trinajstić information content (AvgIpc) is 3.20. The first-order valence-corrected chi connectivity index (χ1v) is 9.93. The van der Waals surface area contributed by atoms with Gasteiger partial charge in [0.2, 0.25) is 5.89 Å². The minimum atomic E-state index is -0.873. The molecule has 1 aliphatic carbocycles. The topological polar surface area (TPSA) is 95.1 Å². The lowest BCUT2D eigenvalue weighted by atomic mass is 9.80. The number of likely N-dealkylation sites (tertiary alicyclic amines) is 1. The molecule has 1 aliphatic heterocycles. The third kappa shape index (κ3) is 3.49. The molecule has 9 heteroatoms. The van der Waals surface area contributed by atoms with Gasteiger partial charge in [-0.15, -0.1) is 0 Å². The van der Waals surface area contributed by atoms with Gasteiger partial charge in [-0.25, -0.2) is 9.18 Å². The Hall–Kier alpha value is -2.47. The quantitative estimate of drug-likeness (QED) is 0.763. The van der Waals surface area contributed by atoms with E-state index in [1.165, 1.54) is 0 Å². The Morgan fingerprint density at radius 2 is 2.18 bits per heavy atom. The molecule has 2 fully saturated rings. The molecule has 2 aliphatic rings. The molecular formula is C19H19BrFN5O2. The number of amides is 2. The second-order valence-electron chi connectivity index (χ2n) is 7.57. The molecule has 1 N–H and O–H groups in total. The number of nitrogens with zero attached hydrogens (tertiary/aromatic N) is 4. The van der Waals surface area contributed by atoms with E-state index in [0.29, 0.717) is 59.8 Å². The summed E-state index contributed by atoms with van der Waals surface area (Å²) >= 11 is 3.37. The Labute approximate surface area is 170 Å². The second-order valence-corrected chi connectivity index (χ2v) is 8.42. The van der Waals surface area contributed by atoms with Gasteiger partial charge in [0.05, 0.1) is 17.2 Å². The average molecular weight is 448 g/mol. The Balaban J connectivity index is 1.40. The Bertz CT molecular complexity index is 948. The number of carbonyl (C=O) groups is 1. The van der Waals surface area contributed by atoms with Crippen molar-refractivity contribution in [2.45, 2.75) is 43.7 Å². The number of nitrogens with one attached hydrogen (secondary N) is 1. The van der Waals surface area contributed by atoms with Gasteiger partial charge in [0.25, 0.3) is 0 Å². The van der Waals surface area contributed by atoms with E-state index < -0.39 is 6.17 Å². The fourth-order valence-corrected chi connectivity index (χ4v) is 3.87. The van der Waals surface area contributed by atoms with Crippen molar-refractivity contribution in [1.29, 1.82) is 5.26 Å². The number of anilines is 1. The highest BCUT2D eigenvalue weighted by molar-refractivity contribution is 9.10. The van der Waals surface area contributed by atoms with Crippen LogP contribution in [0, 0.1) is 11.3 Å². The van der Waals surface area contributed by atoms with Crippen molar-refractivity contribution < 1.29 is 13.7 Å². The Morgan fingerprint density at radius 1 is 1.46 bits per heavy atom. The van der Waals surface area contributed by atoms with Crippen LogP contribution < -0.4 is 5.32 Å². The fourth-order valence-electron chi connectivity index (χ4n) is 3.41. The molecule has 0 spiro atoms. The Kier molecular flexibility index (Phi) is 4.83. The van der Waals surface area contributed by atoms with Gasteiger partial charge in [-0.05, 0) is 47.3 Å². The summed E-state index contributed by atoms with van der Waals surface area (Å²) in [5, 5.41) is 16.1.